The van der Waals surface area contributed by atoms with Crippen LogP contribution in [0.25, 0.3) is 5.69 Å². The minimum atomic E-state index is -0.916. The molecule has 0 aliphatic heterocycles. The minimum absolute atomic E-state index is 0.111. The number of para-hydroxylation sites is 1. The van der Waals surface area contributed by atoms with Crippen LogP contribution in [-0.2, 0) is 6.54 Å². The number of imidazole rings is 1. The van der Waals surface area contributed by atoms with Crippen LogP contribution in [0.1, 0.15) is 32.8 Å². The van der Waals surface area contributed by atoms with E-state index in [9.17, 15) is 9.90 Å². The molecule has 3 N–H and O–H groups in total. The summed E-state index contributed by atoms with van der Waals surface area (Å²) >= 11 is 0. The number of carbonyl (C=O) groups is 1. The van der Waals surface area contributed by atoms with Gasteiger partial charge in [0.15, 0.2) is 0 Å². The molecule has 2 aromatic rings. The minimum Gasteiger partial charge on any atom is -0.388 e. The molecule has 6 nitrogen and oxygen atoms in total. The summed E-state index contributed by atoms with van der Waals surface area (Å²) in [5.41, 5.74) is 1.04. The van der Waals surface area contributed by atoms with Crippen molar-refractivity contribution in [2.75, 3.05) is 6.54 Å². The molecule has 24 heavy (non-hydrogen) atoms. The maximum absolute atomic E-state index is 12.0. The first-order valence-corrected chi connectivity index (χ1v) is 8.24. The molecule has 130 valence electrons. The molecular weight excluding hydrogens is 304 g/mol. The number of benzene rings is 1. The molecule has 0 saturated heterocycles. The van der Waals surface area contributed by atoms with Crippen molar-refractivity contribution in [1.29, 1.82) is 0 Å². The first kappa shape index (κ1) is 18.0. The van der Waals surface area contributed by atoms with Crippen molar-refractivity contribution >= 4 is 6.03 Å². The van der Waals surface area contributed by atoms with Gasteiger partial charge in [0.05, 0.1) is 17.6 Å². The SMILES string of the molecule is CCC(C)C(C)(O)CNC(=O)NCc1ccccc1-n1ccnc1. The van der Waals surface area contributed by atoms with Crippen LogP contribution < -0.4 is 10.6 Å². The summed E-state index contributed by atoms with van der Waals surface area (Å²) in [4.78, 5) is 16.1. The molecule has 2 amide bonds. The van der Waals surface area contributed by atoms with Crippen LogP contribution >= 0.6 is 0 Å². The number of nitrogens with zero attached hydrogens (tertiary/aromatic N) is 2. The molecule has 0 spiro atoms. The van der Waals surface area contributed by atoms with E-state index in [1.54, 1.807) is 19.4 Å². The van der Waals surface area contributed by atoms with Gasteiger partial charge in [0, 0.05) is 25.5 Å². The number of aliphatic hydroxyl groups is 1. The van der Waals surface area contributed by atoms with Crippen LogP contribution in [0, 0.1) is 5.92 Å². The average molecular weight is 330 g/mol. The number of nitrogens with one attached hydrogen (secondary N) is 2. The zero-order valence-electron chi connectivity index (χ0n) is 14.5. The summed E-state index contributed by atoms with van der Waals surface area (Å²) in [7, 11) is 0. The van der Waals surface area contributed by atoms with Crippen LogP contribution in [0.4, 0.5) is 4.79 Å². The van der Waals surface area contributed by atoms with E-state index in [2.05, 4.69) is 15.6 Å². The Morgan fingerprint density at radius 2 is 2.12 bits per heavy atom. The van der Waals surface area contributed by atoms with E-state index in [0.29, 0.717) is 6.54 Å². The lowest BCUT2D eigenvalue weighted by Gasteiger charge is -2.29. The van der Waals surface area contributed by atoms with Gasteiger partial charge in [0.1, 0.15) is 0 Å². The zero-order valence-corrected chi connectivity index (χ0v) is 14.5. The van der Waals surface area contributed by atoms with Crippen molar-refractivity contribution in [3.05, 3.63) is 48.5 Å². The van der Waals surface area contributed by atoms with Gasteiger partial charge in [0.2, 0.25) is 0 Å². The number of amides is 2. The zero-order chi connectivity index (χ0) is 17.6. The summed E-state index contributed by atoms with van der Waals surface area (Å²) in [6.07, 6.45) is 6.16. The summed E-state index contributed by atoms with van der Waals surface area (Å²) in [6, 6.07) is 7.53. The number of rotatable bonds is 7. The molecule has 0 aliphatic carbocycles. The quantitative estimate of drug-likeness (QED) is 0.730. The number of carbonyl (C=O) groups excluding carboxylic acids is 1. The van der Waals surface area contributed by atoms with E-state index in [0.717, 1.165) is 17.7 Å². The second-order valence-corrected chi connectivity index (χ2v) is 6.30. The monoisotopic (exact) mass is 330 g/mol. The van der Waals surface area contributed by atoms with Crippen LogP contribution in [0.3, 0.4) is 0 Å². The number of urea groups is 1. The Hall–Kier alpha value is -2.34. The summed E-state index contributed by atoms with van der Waals surface area (Å²) in [6.45, 7) is 6.35. The Morgan fingerprint density at radius 3 is 2.79 bits per heavy atom. The third-order valence-electron chi connectivity index (χ3n) is 4.49. The second-order valence-electron chi connectivity index (χ2n) is 6.30. The highest BCUT2D eigenvalue weighted by molar-refractivity contribution is 5.74. The Bertz CT molecular complexity index is 653. The lowest BCUT2D eigenvalue weighted by molar-refractivity contribution is 0.00790. The summed E-state index contributed by atoms with van der Waals surface area (Å²) in [5, 5.41) is 15.9. The largest absolute Gasteiger partial charge is 0.388 e. The van der Waals surface area contributed by atoms with Gasteiger partial charge in [-0.2, -0.15) is 0 Å². The first-order valence-electron chi connectivity index (χ1n) is 8.24. The van der Waals surface area contributed by atoms with Crippen LogP contribution in [0.5, 0.6) is 0 Å². The van der Waals surface area contributed by atoms with Crippen molar-refractivity contribution in [3.8, 4) is 5.69 Å². The molecule has 0 bridgehead atoms. The van der Waals surface area contributed by atoms with E-state index < -0.39 is 5.60 Å². The van der Waals surface area contributed by atoms with Crippen molar-refractivity contribution < 1.29 is 9.90 Å². The third kappa shape index (κ3) is 4.58. The molecule has 2 rings (SSSR count). The van der Waals surface area contributed by atoms with Crippen LogP contribution in [-0.4, -0.2) is 32.8 Å². The highest BCUT2D eigenvalue weighted by Gasteiger charge is 2.27. The second kappa shape index (κ2) is 7.97. The van der Waals surface area contributed by atoms with Gasteiger partial charge in [0.25, 0.3) is 0 Å². The van der Waals surface area contributed by atoms with E-state index >= 15 is 0 Å². The van der Waals surface area contributed by atoms with Gasteiger partial charge in [-0.15, -0.1) is 0 Å². The highest BCUT2D eigenvalue weighted by Crippen LogP contribution is 2.18. The smallest absolute Gasteiger partial charge is 0.315 e. The standard InChI is InChI=1S/C18H26N4O2/c1-4-14(2)18(3,24)12-21-17(23)20-11-15-7-5-6-8-16(15)22-10-9-19-13-22/h5-10,13-14,24H,4,11-12H2,1-3H3,(H2,20,21,23). The highest BCUT2D eigenvalue weighted by atomic mass is 16.3. The van der Waals surface area contributed by atoms with Gasteiger partial charge in [-0.25, -0.2) is 9.78 Å². The molecule has 1 aromatic carbocycles. The third-order valence-corrected chi connectivity index (χ3v) is 4.49. The normalized spacial score (nSPS) is 14.7. The van der Waals surface area contributed by atoms with Gasteiger partial charge in [-0.1, -0.05) is 38.5 Å². The fourth-order valence-corrected chi connectivity index (χ4v) is 2.43. The molecule has 1 heterocycles. The molecule has 6 heteroatoms. The van der Waals surface area contributed by atoms with Crippen molar-refractivity contribution in [2.24, 2.45) is 5.92 Å². The van der Waals surface area contributed by atoms with Gasteiger partial charge in [-0.05, 0) is 24.5 Å². The molecule has 1 aromatic heterocycles. The lowest BCUT2D eigenvalue weighted by Crippen LogP contribution is -2.47. The predicted molar refractivity (Wildman–Crippen MR) is 93.9 cm³/mol. The lowest BCUT2D eigenvalue weighted by atomic mass is 9.89. The maximum atomic E-state index is 12.0. The Kier molecular flexibility index (Phi) is 5.98. The average Bonchev–Trinajstić information content (AvgIpc) is 3.12. The van der Waals surface area contributed by atoms with Crippen LogP contribution in [0.15, 0.2) is 43.0 Å². The first-order chi connectivity index (χ1) is 11.4. The molecule has 2 unspecified atom stereocenters. The molecule has 0 fully saturated rings. The molecule has 0 aliphatic rings. The van der Waals surface area contributed by atoms with Crippen LogP contribution in [0.2, 0.25) is 0 Å². The predicted octanol–water partition coefficient (Wildman–Crippen LogP) is 2.47. The molecule has 0 saturated carbocycles. The Labute approximate surface area is 142 Å². The van der Waals surface area contributed by atoms with Crippen molar-refractivity contribution in [2.45, 2.75) is 39.3 Å². The number of hydrogen-bond acceptors (Lipinski definition) is 3. The maximum Gasteiger partial charge on any atom is 0.315 e. The fourth-order valence-electron chi connectivity index (χ4n) is 2.43. The van der Waals surface area contributed by atoms with Crippen molar-refractivity contribution in [1.82, 2.24) is 20.2 Å². The topological polar surface area (TPSA) is 79.2 Å². The van der Waals surface area contributed by atoms with Gasteiger partial charge >= 0.3 is 6.03 Å². The van der Waals surface area contributed by atoms with E-state index in [4.69, 9.17) is 0 Å². The number of hydrogen-bond donors (Lipinski definition) is 3. The molecular formula is C18H26N4O2. The van der Waals surface area contributed by atoms with E-state index in [-0.39, 0.29) is 18.5 Å². The molecule has 0 radical (unpaired) electrons. The molecule has 2 atom stereocenters. The Balaban J connectivity index is 1.91. The fraction of sp³-hybridized carbons (Fsp3) is 0.444. The van der Waals surface area contributed by atoms with E-state index in [1.807, 2.05) is 48.9 Å². The van der Waals surface area contributed by atoms with Gasteiger partial charge < -0.3 is 20.3 Å². The Morgan fingerprint density at radius 1 is 1.38 bits per heavy atom. The number of aromatic nitrogens is 2. The summed E-state index contributed by atoms with van der Waals surface area (Å²) in [5.74, 6) is 0.111. The summed E-state index contributed by atoms with van der Waals surface area (Å²) < 4.78 is 1.91. The van der Waals surface area contributed by atoms with Gasteiger partial charge in [-0.3, -0.25) is 0 Å². The van der Waals surface area contributed by atoms with E-state index in [1.165, 1.54) is 0 Å². The van der Waals surface area contributed by atoms with Crippen molar-refractivity contribution in [3.63, 3.8) is 0 Å².